The van der Waals surface area contributed by atoms with Gasteiger partial charge in [0.1, 0.15) is 0 Å². The molecule has 1 aromatic heterocycles. The lowest BCUT2D eigenvalue weighted by Crippen LogP contribution is -2.40. The predicted molar refractivity (Wildman–Crippen MR) is 92.0 cm³/mol. The van der Waals surface area contributed by atoms with Crippen LogP contribution in [0.25, 0.3) is 0 Å². The first-order chi connectivity index (χ1) is 12.2. The highest BCUT2D eigenvalue weighted by Crippen LogP contribution is 2.35. The van der Waals surface area contributed by atoms with E-state index in [1.165, 1.54) is 24.3 Å². The molecular weight excluding hydrogens is 389 g/mol. The summed E-state index contributed by atoms with van der Waals surface area (Å²) in [5.41, 5.74) is -1.25. The third-order valence-corrected chi connectivity index (χ3v) is 6.38. The van der Waals surface area contributed by atoms with Gasteiger partial charge in [0.2, 0.25) is 15.9 Å². The Morgan fingerprint density at radius 1 is 1.19 bits per heavy atom. The summed E-state index contributed by atoms with van der Waals surface area (Å²) in [6.45, 7) is 0.991. The van der Waals surface area contributed by atoms with Crippen molar-refractivity contribution in [1.29, 1.82) is 0 Å². The summed E-state index contributed by atoms with van der Waals surface area (Å²) in [4.78, 5) is 12.1. The number of benzene rings is 1. The molecule has 2 rings (SSSR count). The van der Waals surface area contributed by atoms with Crippen LogP contribution in [0.4, 0.5) is 13.2 Å². The Morgan fingerprint density at radius 2 is 1.88 bits per heavy atom. The number of nitrogens with one attached hydrogen (secondary N) is 1. The van der Waals surface area contributed by atoms with E-state index in [0.717, 1.165) is 21.3 Å². The zero-order chi connectivity index (χ0) is 19.4. The van der Waals surface area contributed by atoms with Crippen LogP contribution in [0.2, 0.25) is 0 Å². The number of alkyl halides is 3. The van der Waals surface area contributed by atoms with Gasteiger partial charge in [-0.2, -0.15) is 17.5 Å². The number of rotatable bonds is 7. The number of sulfonamides is 1. The Kier molecular flexibility index (Phi) is 6.43. The first-order valence-corrected chi connectivity index (χ1v) is 9.93. The molecule has 1 N–H and O–H groups in total. The van der Waals surface area contributed by atoms with Crippen molar-refractivity contribution in [2.75, 3.05) is 13.1 Å². The molecule has 26 heavy (non-hydrogen) atoms. The summed E-state index contributed by atoms with van der Waals surface area (Å²) in [6.07, 6.45) is -4.81. The van der Waals surface area contributed by atoms with Crippen LogP contribution in [0, 0.1) is 0 Å². The average molecular weight is 406 g/mol. The van der Waals surface area contributed by atoms with Gasteiger partial charge in [0, 0.05) is 11.4 Å². The predicted octanol–water partition coefficient (Wildman–Crippen LogP) is 3.09. The molecule has 0 saturated carbocycles. The van der Waals surface area contributed by atoms with Crippen molar-refractivity contribution in [3.63, 3.8) is 0 Å². The smallest absolute Gasteiger partial charge is 0.350 e. The van der Waals surface area contributed by atoms with Crippen LogP contribution >= 0.6 is 11.3 Å². The van der Waals surface area contributed by atoms with Gasteiger partial charge < -0.3 is 5.32 Å². The van der Waals surface area contributed by atoms with Gasteiger partial charge in [-0.25, -0.2) is 8.42 Å². The molecule has 0 radical (unpaired) electrons. The molecule has 1 heterocycles. The highest BCUT2D eigenvalue weighted by molar-refractivity contribution is 7.89. The maximum Gasteiger partial charge on any atom is 0.417 e. The number of halogens is 3. The van der Waals surface area contributed by atoms with Gasteiger partial charge in [-0.15, -0.1) is 11.3 Å². The van der Waals surface area contributed by atoms with Crippen LogP contribution in [0.3, 0.4) is 0 Å². The summed E-state index contributed by atoms with van der Waals surface area (Å²) in [7, 11) is -4.48. The second-order valence-electron chi connectivity index (χ2n) is 5.28. The zero-order valence-corrected chi connectivity index (χ0v) is 15.4. The lowest BCUT2D eigenvalue weighted by molar-refractivity contribution is -0.139. The van der Waals surface area contributed by atoms with Crippen LogP contribution in [0.15, 0.2) is 46.7 Å². The van der Waals surface area contributed by atoms with Crippen molar-refractivity contribution in [3.05, 3.63) is 52.2 Å². The van der Waals surface area contributed by atoms with Gasteiger partial charge >= 0.3 is 6.18 Å². The molecule has 0 fully saturated rings. The number of thiophene rings is 1. The first kappa shape index (κ1) is 20.4. The van der Waals surface area contributed by atoms with E-state index in [0.29, 0.717) is 6.07 Å². The van der Waals surface area contributed by atoms with Gasteiger partial charge in [-0.3, -0.25) is 4.79 Å². The van der Waals surface area contributed by atoms with Gasteiger partial charge in [0.25, 0.3) is 0 Å². The van der Waals surface area contributed by atoms with E-state index in [2.05, 4.69) is 5.32 Å². The van der Waals surface area contributed by atoms with Crippen molar-refractivity contribution in [3.8, 4) is 0 Å². The summed E-state index contributed by atoms with van der Waals surface area (Å²) < 4.78 is 65.4. The van der Waals surface area contributed by atoms with E-state index in [1.54, 1.807) is 6.07 Å². The molecule has 2 aromatic rings. The van der Waals surface area contributed by atoms with Gasteiger partial charge in [-0.05, 0) is 23.6 Å². The fourth-order valence-electron chi connectivity index (χ4n) is 2.25. The Bertz CT molecular complexity index is 850. The zero-order valence-electron chi connectivity index (χ0n) is 13.8. The van der Waals surface area contributed by atoms with Crippen LogP contribution < -0.4 is 5.32 Å². The summed E-state index contributed by atoms with van der Waals surface area (Å²) in [6, 6.07) is 7.54. The molecule has 0 saturated heterocycles. The molecule has 0 unspecified atom stereocenters. The van der Waals surface area contributed by atoms with Crippen LogP contribution in [-0.2, 0) is 27.5 Å². The number of likely N-dealkylation sites (N-methyl/N-ethyl adjacent to an activating group) is 1. The molecule has 142 valence electrons. The second kappa shape index (κ2) is 8.19. The van der Waals surface area contributed by atoms with Gasteiger partial charge in [0.15, 0.2) is 0 Å². The topological polar surface area (TPSA) is 66.5 Å². The normalized spacial score (nSPS) is 12.3. The maximum atomic E-state index is 13.1. The molecule has 1 aromatic carbocycles. The molecule has 0 atom stereocenters. The van der Waals surface area contributed by atoms with E-state index in [-0.39, 0.29) is 13.1 Å². The summed E-state index contributed by atoms with van der Waals surface area (Å²) in [5, 5.41) is 4.39. The first-order valence-electron chi connectivity index (χ1n) is 7.61. The number of carbonyl (C=O) groups excluding carboxylic acids is 1. The quantitative estimate of drug-likeness (QED) is 0.769. The van der Waals surface area contributed by atoms with Crippen molar-refractivity contribution in [2.45, 2.75) is 24.5 Å². The van der Waals surface area contributed by atoms with Crippen molar-refractivity contribution in [1.82, 2.24) is 9.62 Å². The van der Waals surface area contributed by atoms with Crippen molar-refractivity contribution in [2.24, 2.45) is 0 Å². The molecular formula is C16H17F3N2O3S2. The molecule has 5 nitrogen and oxygen atoms in total. The Balaban J connectivity index is 2.19. The number of carbonyl (C=O) groups is 1. The SMILES string of the molecule is CCN(CC(=O)NCc1cccs1)S(=O)(=O)c1ccccc1C(F)(F)F. The fraction of sp³-hybridized carbons (Fsp3) is 0.312. The van der Waals surface area contributed by atoms with Crippen LogP contribution in [0.1, 0.15) is 17.4 Å². The highest BCUT2D eigenvalue weighted by Gasteiger charge is 2.38. The van der Waals surface area contributed by atoms with E-state index >= 15 is 0 Å². The highest BCUT2D eigenvalue weighted by atomic mass is 32.2. The molecule has 1 amide bonds. The van der Waals surface area contributed by atoms with E-state index < -0.39 is 39.1 Å². The lowest BCUT2D eigenvalue weighted by Gasteiger charge is -2.22. The maximum absolute atomic E-state index is 13.1. The van der Waals surface area contributed by atoms with E-state index in [4.69, 9.17) is 0 Å². The van der Waals surface area contributed by atoms with Gasteiger partial charge in [0.05, 0.1) is 23.5 Å². The minimum atomic E-state index is -4.81. The van der Waals surface area contributed by atoms with Crippen LogP contribution in [0.5, 0.6) is 0 Å². The molecule has 10 heteroatoms. The largest absolute Gasteiger partial charge is 0.417 e. The fourth-order valence-corrected chi connectivity index (χ4v) is 4.51. The average Bonchev–Trinajstić information content (AvgIpc) is 3.10. The van der Waals surface area contributed by atoms with Crippen molar-refractivity contribution >= 4 is 27.3 Å². The molecule has 0 aliphatic carbocycles. The van der Waals surface area contributed by atoms with Gasteiger partial charge in [-0.1, -0.05) is 25.1 Å². The number of hydrogen-bond acceptors (Lipinski definition) is 4. The number of hydrogen-bond donors (Lipinski definition) is 1. The Hall–Kier alpha value is -1.91. The molecule has 0 spiro atoms. The number of nitrogens with zero attached hydrogens (tertiary/aromatic N) is 1. The summed E-state index contributed by atoms with van der Waals surface area (Å²) in [5.74, 6) is -0.590. The lowest BCUT2D eigenvalue weighted by atomic mass is 10.2. The Morgan fingerprint density at radius 3 is 2.46 bits per heavy atom. The summed E-state index contributed by atoms with van der Waals surface area (Å²) >= 11 is 1.43. The van der Waals surface area contributed by atoms with E-state index in [1.807, 2.05) is 11.4 Å². The minimum Gasteiger partial charge on any atom is -0.350 e. The minimum absolute atomic E-state index is 0.138. The monoisotopic (exact) mass is 406 g/mol. The third kappa shape index (κ3) is 4.83. The van der Waals surface area contributed by atoms with Crippen molar-refractivity contribution < 1.29 is 26.4 Å². The second-order valence-corrected chi connectivity index (χ2v) is 8.22. The standard InChI is InChI=1S/C16H17F3N2O3S2/c1-2-21(11-15(22)20-10-12-6-5-9-25-12)26(23,24)14-8-4-3-7-13(14)16(17,18)19/h3-9H,2,10-11H2,1H3,(H,20,22). The van der Waals surface area contributed by atoms with Crippen LogP contribution in [-0.4, -0.2) is 31.7 Å². The number of amides is 1. The Labute approximate surface area is 153 Å². The molecule has 0 bridgehead atoms. The molecule has 0 aliphatic heterocycles. The van der Waals surface area contributed by atoms with E-state index in [9.17, 15) is 26.4 Å². The third-order valence-electron chi connectivity index (χ3n) is 3.52. The molecule has 0 aliphatic rings.